The highest BCUT2D eigenvalue weighted by atomic mass is 35.5. The van der Waals surface area contributed by atoms with Crippen molar-refractivity contribution in [2.24, 2.45) is 5.41 Å². The molecule has 2 amide bonds. The second-order valence-corrected chi connectivity index (χ2v) is 7.89. The molecule has 1 fully saturated rings. The number of benzene rings is 1. The van der Waals surface area contributed by atoms with E-state index in [4.69, 9.17) is 4.74 Å². The maximum absolute atomic E-state index is 12.6. The number of methoxy groups -OCH3 is 1. The lowest BCUT2D eigenvalue weighted by atomic mass is 9.81. The molecule has 3 N–H and O–H groups in total. The summed E-state index contributed by atoms with van der Waals surface area (Å²) in [6.07, 6.45) is 2.12. The van der Waals surface area contributed by atoms with Crippen LogP contribution in [0.5, 0.6) is 0 Å². The molecular weight excluding hydrogens is 386 g/mol. The van der Waals surface area contributed by atoms with Gasteiger partial charge in [-0.15, -0.1) is 24.2 Å². The zero-order chi connectivity index (χ0) is 18.8. The summed E-state index contributed by atoms with van der Waals surface area (Å²) in [5.74, 6) is 0.134. The Balaban J connectivity index is 0.00000364. The molecule has 0 radical (unpaired) electrons. The summed E-state index contributed by atoms with van der Waals surface area (Å²) in [5.41, 5.74) is 0.768. The number of nitrogens with one attached hydrogen (secondary N) is 3. The highest BCUT2D eigenvalue weighted by molar-refractivity contribution is 8.00. The van der Waals surface area contributed by atoms with Crippen molar-refractivity contribution in [3.63, 3.8) is 0 Å². The van der Waals surface area contributed by atoms with Gasteiger partial charge in [0.05, 0.1) is 17.9 Å². The van der Waals surface area contributed by atoms with Crippen molar-refractivity contribution in [2.45, 2.75) is 24.7 Å². The Hall–Kier alpha value is -1.28. The molecule has 27 heavy (non-hydrogen) atoms. The van der Waals surface area contributed by atoms with Crippen LogP contribution in [0.15, 0.2) is 29.2 Å². The summed E-state index contributed by atoms with van der Waals surface area (Å²) in [6.45, 7) is 5.87. The second kappa shape index (κ2) is 12.2. The van der Waals surface area contributed by atoms with Crippen molar-refractivity contribution in [2.75, 3.05) is 45.6 Å². The van der Waals surface area contributed by atoms with Crippen LogP contribution in [-0.4, -0.2) is 57.5 Å². The summed E-state index contributed by atoms with van der Waals surface area (Å²) in [4.78, 5) is 25.3. The molecule has 0 atom stereocenters. The fourth-order valence-corrected chi connectivity index (χ4v) is 3.74. The van der Waals surface area contributed by atoms with Crippen LogP contribution < -0.4 is 16.0 Å². The Bertz CT molecular complexity index is 610. The largest absolute Gasteiger partial charge is 0.383 e. The predicted octanol–water partition coefficient (Wildman–Crippen LogP) is 2.08. The second-order valence-electron chi connectivity index (χ2n) is 6.87. The first-order valence-corrected chi connectivity index (χ1v) is 9.99. The Kier molecular flexibility index (Phi) is 10.8. The maximum atomic E-state index is 12.6. The molecule has 6 nitrogen and oxygen atoms in total. The molecule has 0 unspecified atom stereocenters. The number of hydrogen-bond acceptors (Lipinski definition) is 5. The van der Waals surface area contributed by atoms with Gasteiger partial charge in [0.1, 0.15) is 0 Å². The minimum Gasteiger partial charge on any atom is -0.383 e. The molecule has 0 aliphatic carbocycles. The monoisotopic (exact) mass is 415 g/mol. The van der Waals surface area contributed by atoms with Gasteiger partial charge in [0.2, 0.25) is 5.91 Å². The van der Waals surface area contributed by atoms with Gasteiger partial charge < -0.3 is 20.7 Å². The van der Waals surface area contributed by atoms with Gasteiger partial charge in [-0.25, -0.2) is 0 Å². The van der Waals surface area contributed by atoms with E-state index in [2.05, 4.69) is 22.9 Å². The van der Waals surface area contributed by atoms with E-state index < -0.39 is 0 Å². The van der Waals surface area contributed by atoms with Crippen molar-refractivity contribution < 1.29 is 14.3 Å². The molecule has 1 aliphatic rings. The molecule has 1 saturated heterocycles. The first-order valence-electron chi connectivity index (χ1n) is 9.00. The third kappa shape index (κ3) is 8.09. The van der Waals surface area contributed by atoms with Crippen molar-refractivity contribution in [3.05, 3.63) is 29.8 Å². The first-order chi connectivity index (χ1) is 12.5. The number of carbonyl (C=O) groups excluding carboxylic acids is 2. The van der Waals surface area contributed by atoms with Crippen molar-refractivity contribution in [3.8, 4) is 0 Å². The van der Waals surface area contributed by atoms with E-state index in [-0.39, 0.29) is 35.4 Å². The molecular formula is C19H30ClN3O3S. The fourth-order valence-electron chi connectivity index (χ4n) is 2.86. The minimum absolute atomic E-state index is 0. The maximum Gasteiger partial charge on any atom is 0.252 e. The summed E-state index contributed by atoms with van der Waals surface area (Å²) < 4.78 is 4.91. The number of ether oxygens (including phenoxy) is 1. The Morgan fingerprint density at radius 3 is 2.63 bits per heavy atom. The van der Waals surface area contributed by atoms with Crippen LogP contribution in [0.25, 0.3) is 0 Å². The van der Waals surface area contributed by atoms with E-state index in [1.165, 1.54) is 11.8 Å². The van der Waals surface area contributed by atoms with Gasteiger partial charge in [-0.05, 0) is 43.5 Å². The predicted molar refractivity (Wildman–Crippen MR) is 112 cm³/mol. The molecule has 0 bridgehead atoms. The van der Waals surface area contributed by atoms with Crippen molar-refractivity contribution in [1.29, 1.82) is 0 Å². The molecule has 0 aromatic heterocycles. The third-order valence-corrected chi connectivity index (χ3v) is 5.68. The molecule has 1 aromatic carbocycles. The zero-order valence-electron chi connectivity index (χ0n) is 16.0. The van der Waals surface area contributed by atoms with Crippen LogP contribution in [0.3, 0.4) is 0 Å². The molecule has 1 aliphatic heterocycles. The summed E-state index contributed by atoms with van der Waals surface area (Å²) in [5, 5.41) is 9.22. The van der Waals surface area contributed by atoms with Crippen LogP contribution in [0.4, 0.5) is 0 Å². The topological polar surface area (TPSA) is 79.5 Å². The smallest absolute Gasteiger partial charge is 0.252 e. The van der Waals surface area contributed by atoms with Crippen LogP contribution in [0, 0.1) is 5.41 Å². The first kappa shape index (κ1) is 23.8. The number of amides is 2. The quantitative estimate of drug-likeness (QED) is 0.425. The summed E-state index contributed by atoms with van der Waals surface area (Å²) in [6, 6.07) is 7.43. The molecule has 8 heteroatoms. The standard InChI is InChI=1S/C19H29N3O3S.ClH/c1-19(7-9-20-10-8-19)14-22-18(24)15-5-3-4-6-16(15)26-13-17(23)21-11-12-25-2;/h3-6,20H,7-14H2,1-2H3,(H,21,23)(H,22,24);1H. The minimum atomic E-state index is -0.0763. The van der Waals surface area contributed by atoms with Crippen LogP contribution in [0.1, 0.15) is 30.1 Å². The highest BCUT2D eigenvalue weighted by Gasteiger charge is 2.27. The van der Waals surface area contributed by atoms with E-state index in [0.717, 1.165) is 30.8 Å². The van der Waals surface area contributed by atoms with Crippen LogP contribution >= 0.6 is 24.2 Å². The summed E-state index contributed by atoms with van der Waals surface area (Å²) >= 11 is 1.38. The lowest BCUT2D eigenvalue weighted by molar-refractivity contribution is -0.118. The number of rotatable bonds is 9. The molecule has 0 saturated carbocycles. The zero-order valence-corrected chi connectivity index (χ0v) is 17.6. The lowest BCUT2D eigenvalue weighted by Crippen LogP contribution is -2.43. The van der Waals surface area contributed by atoms with Gasteiger partial charge in [-0.1, -0.05) is 19.1 Å². The van der Waals surface area contributed by atoms with Crippen molar-refractivity contribution in [1.82, 2.24) is 16.0 Å². The fraction of sp³-hybridized carbons (Fsp3) is 0.579. The number of carbonyl (C=O) groups is 2. The van der Waals surface area contributed by atoms with E-state index in [1.807, 2.05) is 24.3 Å². The molecule has 152 valence electrons. The van der Waals surface area contributed by atoms with E-state index >= 15 is 0 Å². The van der Waals surface area contributed by atoms with Crippen LogP contribution in [-0.2, 0) is 9.53 Å². The van der Waals surface area contributed by atoms with Crippen molar-refractivity contribution >= 4 is 36.0 Å². The van der Waals surface area contributed by atoms with Gasteiger partial charge in [-0.2, -0.15) is 0 Å². The summed E-state index contributed by atoms with van der Waals surface area (Å²) in [7, 11) is 1.60. The van der Waals surface area contributed by atoms with Crippen LogP contribution in [0.2, 0.25) is 0 Å². The molecule has 1 aromatic rings. The number of thioether (sulfide) groups is 1. The molecule has 2 rings (SSSR count). The van der Waals surface area contributed by atoms with Gasteiger partial charge in [0.15, 0.2) is 0 Å². The van der Waals surface area contributed by atoms with Gasteiger partial charge in [0.25, 0.3) is 5.91 Å². The Labute approximate surface area is 172 Å². The number of hydrogen-bond donors (Lipinski definition) is 3. The van der Waals surface area contributed by atoms with E-state index in [1.54, 1.807) is 7.11 Å². The van der Waals surface area contributed by atoms with Gasteiger partial charge >= 0.3 is 0 Å². The Morgan fingerprint density at radius 2 is 1.93 bits per heavy atom. The highest BCUT2D eigenvalue weighted by Crippen LogP contribution is 2.27. The lowest BCUT2D eigenvalue weighted by Gasteiger charge is -2.34. The van der Waals surface area contributed by atoms with E-state index in [0.29, 0.717) is 25.3 Å². The average molecular weight is 416 g/mol. The van der Waals surface area contributed by atoms with Gasteiger partial charge in [0, 0.05) is 25.1 Å². The number of piperidine rings is 1. The third-order valence-electron chi connectivity index (χ3n) is 4.61. The average Bonchev–Trinajstić information content (AvgIpc) is 2.65. The molecule has 1 heterocycles. The molecule has 0 spiro atoms. The number of halogens is 1. The Morgan fingerprint density at radius 1 is 1.22 bits per heavy atom. The van der Waals surface area contributed by atoms with Gasteiger partial charge in [-0.3, -0.25) is 9.59 Å². The van der Waals surface area contributed by atoms with E-state index in [9.17, 15) is 9.59 Å². The SMILES string of the molecule is COCCNC(=O)CSc1ccccc1C(=O)NCC1(C)CCNCC1.Cl. The normalized spacial score (nSPS) is 15.5.